The molecule has 2 heterocycles. The number of fused-ring (bicyclic) bond motifs is 1. The molecule has 1 aliphatic heterocycles. The summed E-state index contributed by atoms with van der Waals surface area (Å²) in [5.74, 6) is 1.10. The third kappa shape index (κ3) is 1.57. The highest BCUT2D eigenvalue weighted by molar-refractivity contribution is 5.50. The first-order valence-electron chi connectivity index (χ1n) is 4.82. The summed E-state index contributed by atoms with van der Waals surface area (Å²) in [4.78, 5) is 13.7. The van der Waals surface area contributed by atoms with Crippen LogP contribution in [0.25, 0.3) is 5.69 Å². The molecule has 0 saturated carbocycles. The average Bonchev–Trinajstić information content (AvgIpc) is 2.97. The van der Waals surface area contributed by atoms with Gasteiger partial charge in [0.05, 0.1) is 5.69 Å². The first-order valence-corrected chi connectivity index (χ1v) is 4.82. The molecule has 17 heavy (non-hydrogen) atoms. The van der Waals surface area contributed by atoms with Crippen LogP contribution in [0.5, 0.6) is 11.5 Å². The molecule has 0 saturated heterocycles. The summed E-state index contributed by atoms with van der Waals surface area (Å²) in [5.41, 5.74) is 0.731. The van der Waals surface area contributed by atoms with E-state index in [0.29, 0.717) is 11.5 Å². The largest absolute Gasteiger partial charge is 0.454 e. The number of hydrogen-bond donors (Lipinski definition) is 0. The van der Waals surface area contributed by atoms with Gasteiger partial charge in [0, 0.05) is 6.07 Å². The molecule has 1 aromatic heterocycles. The second-order valence-corrected chi connectivity index (χ2v) is 3.43. The average molecular weight is 233 g/mol. The van der Waals surface area contributed by atoms with Gasteiger partial charge in [-0.05, 0) is 22.0 Å². The minimum atomic E-state index is -0.538. The van der Waals surface area contributed by atoms with Crippen molar-refractivity contribution >= 4 is 5.82 Å². The third-order valence-corrected chi connectivity index (χ3v) is 2.41. The Hall–Kier alpha value is -2.57. The Balaban J connectivity index is 2.00. The lowest BCUT2D eigenvalue weighted by molar-refractivity contribution is -0.389. The van der Waals surface area contributed by atoms with E-state index in [4.69, 9.17) is 9.47 Å². The van der Waals surface area contributed by atoms with Crippen molar-refractivity contribution in [2.45, 2.75) is 0 Å². The highest BCUT2D eigenvalue weighted by Crippen LogP contribution is 2.33. The fourth-order valence-electron chi connectivity index (χ4n) is 1.59. The Bertz CT molecular complexity index is 593. The number of nitro groups is 1. The number of benzene rings is 1. The van der Waals surface area contributed by atoms with Gasteiger partial charge in [-0.3, -0.25) is 4.57 Å². The Morgan fingerprint density at radius 1 is 1.35 bits per heavy atom. The molecule has 0 bridgehead atoms. The minimum absolute atomic E-state index is 0.192. The zero-order valence-electron chi connectivity index (χ0n) is 8.57. The Morgan fingerprint density at radius 2 is 2.18 bits per heavy atom. The molecule has 2 aromatic rings. The van der Waals surface area contributed by atoms with E-state index in [1.54, 1.807) is 22.8 Å². The SMILES string of the molecule is O=[N+]([O-])c1cn(-c2ccc3c(c2)OCO3)cn1. The van der Waals surface area contributed by atoms with Crippen molar-refractivity contribution in [3.63, 3.8) is 0 Å². The predicted molar refractivity (Wildman–Crippen MR) is 56.3 cm³/mol. The zero-order valence-corrected chi connectivity index (χ0v) is 8.57. The highest BCUT2D eigenvalue weighted by atomic mass is 16.7. The van der Waals surface area contributed by atoms with Gasteiger partial charge in [-0.1, -0.05) is 0 Å². The van der Waals surface area contributed by atoms with Crippen LogP contribution in [-0.2, 0) is 0 Å². The highest BCUT2D eigenvalue weighted by Gasteiger charge is 2.16. The van der Waals surface area contributed by atoms with Gasteiger partial charge in [-0.15, -0.1) is 0 Å². The molecular formula is C10H7N3O4. The standard InChI is InChI=1S/C10H7N3O4/c14-13(15)10-4-12(5-11-10)7-1-2-8-9(3-7)17-6-16-8/h1-5H,6H2. The molecule has 3 rings (SSSR count). The van der Waals surface area contributed by atoms with E-state index in [1.165, 1.54) is 12.5 Å². The van der Waals surface area contributed by atoms with Crippen LogP contribution in [0.3, 0.4) is 0 Å². The van der Waals surface area contributed by atoms with E-state index >= 15 is 0 Å². The van der Waals surface area contributed by atoms with Crippen molar-refractivity contribution in [3.05, 3.63) is 40.8 Å². The topological polar surface area (TPSA) is 79.4 Å². The molecule has 0 amide bonds. The molecule has 0 aliphatic carbocycles. The molecular weight excluding hydrogens is 226 g/mol. The molecule has 0 atom stereocenters. The Kier molecular flexibility index (Phi) is 1.97. The summed E-state index contributed by atoms with van der Waals surface area (Å²) in [7, 11) is 0. The summed E-state index contributed by atoms with van der Waals surface area (Å²) in [5, 5.41) is 10.5. The van der Waals surface area contributed by atoms with Crippen LogP contribution in [0.15, 0.2) is 30.7 Å². The number of rotatable bonds is 2. The summed E-state index contributed by atoms with van der Waals surface area (Å²) in [6.07, 6.45) is 2.73. The van der Waals surface area contributed by atoms with Gasteiger partial charge in [0.15, 0.2) is 11.5 Å². The van der Waals surface area contributed by atoms with Crippen molar-refractivity contribution in [3.8, 4) is 17.2 Å². The smallest absolute Gasteiger partial charge is 0.381 e. The van der Waals surface area contributed by atoms with Gasteiger partial charge in [0.1, 0.15) is 6.20 Å². The Labute approximate surface area is 95.4 Å². The van der Waals surface area contributed by atoms with E-state index in [1.807, 2.05) is 0 Å². The predicted octanol–water partition coefficient (Wildman–Crippen LogP) is 1.51. The second-order valence-electron chi connectivity index (χ2n) is 3.43. The maximum absolute atomic E-state index is 10.5. The minimum Gasteiger partial charge on any atom is -0.454 e. The van der Waals surface area contributed by atoms with Crippen molar-refractivity contribution in [2.24, 2.45) is 0 Å². The second kappa shape index (κ2) is 3.48. The van der Waals surface area contributed by atoms with E-state index in [9.17, 15) is 10.1 Å². The van der Waals surface area contributed by atoms with Gasteiger partial charge in [0.25, 0.3) is 0 Å². The molecule has 0 spiro atoms. The van der Waals surface area contributed by atoms with Gasteiger partial charge in [0.2, 0.25) is 13.1 Å². The summed E-state index contributed by atoms with van der Waals surface area (Å²) in [6, 6.07) is 5.27. The van der Waals surface area contributed by atoms with Crippen LogP contribution >= 0.6 is 0 Å². The van der Waals surface area contributed by atoms with E-state index < -0.39 is 4.92 Å². The van der Waals surface area contributed by atoms with Crippen LogP contribution < -0.4 is 9.47 Å². The molecule has 1 aromatic carbocycles. The molecule has 7 heteroatoms. The number of nitrogens with zero attached hydrogens (tertiary/aromatic N) is 3. The van der Waals surface area contributed by atoms with Crippen molar-refractivity contribution in [1.82, 2.24) is 9.55 Å². The molecule has 0 unspecified atom stereocenters. The van der Waals surface area contributed by atoms with Gasteiger partial charge < -0.3 is 19.6 Å². The number of hydrogen-bond acceptors (Lipinski definition) is 5. The maximum Gasteiger partial charge on any atom is 0.381 e. The summed E-state index contributed by atoms with van der Waals surface area (Å²) in [6.45, 7) is 0.197. The number of aromatic nitrogens is 2. The van der Waals surface area contributed by atoms with Crippen LogP contribution in [0.2, 0.25) is 0 Å². The summed E-state index contributed by atoms with van der Waals surface area (Å²) < 4.78 is 12.0. The van der Waals surface area contributed by atoms with Crippen molar-refractivity contribution in [1.29, 1.82) is 0 Å². The fourth-order valence-corrected chi connectivity index (χ4v) is 1.59. The quantitative estimate of drug-likeness (QED) is 0.580. The lowest BCUT2D eigenvalue weighted by Crippen LogP contribution is -1.93. The lowest BCUT2D eigenvalue weighted by atomic mass is 10.3. The third-order valence-electron chi connectivity index (χ3n) is 2.41. The molecule has 0 fully saturated rings. The zero-order chi connectivity index (χ0) is 11.8. The van der Waals surface area contributed by atoms with Crippen LogP contribution in [0.4, 0.5) is 5.82 Å². The number of imidazole rings is 1. The fraction of sp³-hybridized carbons (Fsp3) is 0.100. The van der Waals surface area contributed by atoms with Crippen molar-refractivity contribution < 1.29 is 14.4 Å². The molecule has 0 N–H and O–H groups in total. The monoisotopic (exact) mass is 233 g/mol. The maximum atomic E-state index is 10.5. The normalized spacial score (nSPS) is 12.7. The molecule has 86 valence electrons. The van der Waals surface area contributed by atoms with E-state index in [-0.39, 0.29) is 12.6 Å². The first-order chi connectivity index (χ1) is 8.24. The molecule has 7 nitrogen and oxygen atoms in total. The van der Waals surface area contributed by atoms with Crippen LogP contribution in [-0.4, -0.2) is 21.3 Å². The first kappa shape index (κ1) is 9.64. The van der Waals surface area contributed by atoms with Crippen LogP contribution in [0.1, 0.15) is 0 Å². The van der Waals surface area contributed by atoms with Gasteiger partial charge in [-0.2, -0.15) is 0 Å². The van der Waals surface area contributed by atoms with Gasteiger partial charge in [-0.25, -0.2) is 0 Å². The number of ether oxygens (including phenoxy) is 2. The summed E-state index contributed by atoms with van der Waals surface area (Å²) >= 11 is 0. The van der Waals surface area contributed by atoms with Crippen molar-refractivity contribution in [2.75, 3.05) is 6.79 Å². The van der Waals surface area contributed by atoms with Crippen LogP contribution in [0, 0.1) is 10.1 Å². The van der Waals surface area contributed by atoms with E-state index in [0.717, 1.165) is 5.69 Å². The Morgan fingerprint density at radius 3 is 2.94 bits per heavy atom. The molecule has 0 radical (unpaired) electrons. The lowest BCUT2D eigenvalue weighted by Gasteiger charge is -2.01. The van der Waals surface area contributed by atoms with E-state index in [2.05, 4.69) is 4.98 Å². The molecule has 1 aliphatic rings. The van der Waals surface area contributed by atoms with Gasteiger partial charge >= 0.3 is 5.82 Å².